The zero-order valence-electron chi connectivity index (χ0n) is 17.1. The summed E-state index contributed by atoms with van der Waals surface area (Å²) in [5.74, 6) is 1.51. The molecular formula is C26H20N5O+. The maximum Gasteiger partial charge on any atom is 0.227 e. The molecule has 3 N–H and O–H groups in total. The summed E-state index contributed by atoms with van der Waals surface area (Å²) in [5.41, 5.74) is -0.0940. The Hall–Kier alpha value is -4.48. The lowest BCUT2D eigenvalue weighted by Crippen LogP contribution is -2.62. The van der Waals surface area contributed by atoms with Crippen molar-refractivity contribution in [2.45, 2.75) is 17.7 Å². The maximum atomic E-state index is 12.2. The average Bonchev–Trinajstić information content (AvgIpc) is 2.86. The van der Waals surface area contributed by atoms with Crippen LogP contribution in [-0.2, 0) is 5.72 Å². The van der Waals surface area contributed by atoms with Gasteiger partial charge in [-0.25, -0.2) is 0 Å². The fraction of sp³-hybridized carbons (Fsp3) is 0.115. The SMILES string of the molecule is N#CC(=C=N)C1=C(C#N)[C@@H](c2ccccc2)[C@H]([n+]2ccccc2)[C@](O)(c2ccccc2)N1. The number of nitrogens with zero attached hydrogens (tertiary/aromatic N) is 3. The normalized spacial score (nSPS) is 22.1. The number of rotatable bonds is 4. The molecule has 6 nitrogen and oxygen atoms in total. The smallest absolute Gasteiger partial charge is 0.227 e. The molecule has 32 heavy (non-hydrogen) atoms. The molecule has 2 heterocycles. The summed E-state index contributed by atoms with van der Waals surface area (Å²) in [5, 5.41) is 42.7. The molecule has 0 fully saturated rings. The van der Waals surface area contributed by atoms with E-state index in [-0.39, 0.29) is 16.8 Å². The lowest BCUT2D eigenvalue weighted by molar-refractivity contribution is -0.743. The van der Waals surface area contributed by atoms with E-state index in [4.69, 9.17) is 5.41 Å². The summed E-state index contributed by atoms with van der Waals surface area (Å²) in [4.78, 5) is 0. The number of hydrogen-bond donors (Lipinski definition) is 3. The van der Waals surface area contributed by atoms with E-state index in [9.17, 15) is 15.6 Å². The predicted molar refractivity (Wildman–Crippen MR) is 118 cm³/mol. The molecule has 4 rings (SSSR count). The monoisotopic (exact) mass is 418 g/mol. The number of benzene rings is 2. The van der Waals surface area contributed by atoms with Crippen molar-refractivity contribution >= 4 is 5.87 Å². The predicted octanol–water partition coefficient (Wildman–Crippen LogP) is 3.22. The van der Waals surface area contributed by atoms with Crippen LogP contribution in [0.2, 0.25) is 0 Å². The minimum Gasteiger partial charge on any atom is -0.362 e. The number of pyridine rings is 1. The Labute approximate surface area is 186 Å². The van der Waals surface area contributed by atoms with E-state index >= 15 is 0 Å². The van der Waals surface area contributed by atoms with Crippen molar-refractivity contribution in [3.63, 3.8) is 0 Å². The number of nitrogens with one attached hydrogen (secondary N) is 2. The second kappa shape index (κ2) is 8.71. The molecule has 0 bridgehead atoms. The fourth-order valence-electron chi connectivity index (χ4n) is 4.29. The Morgan fingerprint density at radius 3 is 2.09 bits per heavy atom. The van der Waals surface area contributed by atoms with Gasteiger partial charge in [-0.15, -0.1) is 0 Å². The van der Waals surface area contributed by atoms with Crippen LogP contribution in [0.15, 0.2) is 108 Å². The summed E-state index contributed by atoms with van der Waals surface area (Å²) in [6.45, 7) is 0. The van der Waals surface area contributed by atoms with Crippen LogP contribution in [-0.4, -0.2) is 11.0 Å². The molecule has 3 aromatic rings. The Morgan fingerprint density at radius 2 is 1.53 bits per heavy atom. The van der Waals surface area contributed by atoms with Crippen molar-refractivity contribution in [2.75, 3.05) is 0 Å². The Morgan fingerprint density at radius 1 is 0.938 bits per heavy atom. The van der Waals surface area contributed by atoms with E-state index in [1.807, 2.05) is 89.8 Å². The van der Waals surface area contributed by atoms with E-state index in [2.05, 4.69) is 17.3 Å². The first-order valence-corrected chi connectivity index (χ1v) is 10.0. The summed E-state index contributed by atoms with van der Waals surface area (Å²) in [6, 6.07) is 27.6. The van der Waals surface area contributed by atoms with Crippen LogP contribution in [0, 0.1) is 28.1 Å². The highest BCUT2D eigenvalue weighted by Gasteiger charge is 2.56. The summed E-state index contributed by atoms with van der Waals surface area (Å²) >= 11 is 0. The van der Waals surface area contributed by atoms with E-state index in [1.165, 1.54) is 0 Å². The van der Waals surface area contributed by atoms with Crippen LogP contribution in [0.3, 0.4) is 0 Å². The van der Waals surface area contributed by atoms with E-state index in [0.717, 1.165) is 5.56 Å². The zero-order chi connectivity index (χ0) is 22.6. The summed E-state index contributed by atoms with van der Waals surface area (Å²) in [6.07, 6.45) is 3.68. The molecule has 6 heteroatoms. The molecule has 0 saturated heterocycles. The summed E-state index contributed by atoms with van der Waals surface area (Å²) < 4.78 is 1.87. The Balaban J connectivity index is 2.10. The zero-order valence-corrected chi connectivity index (χ0v) is 17.1. The number of allylic oxidation sites excluding steroid dienone is 2. The second-order valence-electron chi connectivity index (χ2n) is 7.43. The van der Waals surface area contributed by atoms with Gasteiger partial charge >= 0.3 is 0 Å². The van der Waals surface area contributed by atoms with E-state index in [1.54, 1.807) is 12.1 Å². The summed E-state index contributed by atoms with van der Waals surface area (Å²) in [7, 11) is 0. The van der Waals surface area contributed by atoms with Crippen molar-refractivity contribution in [1.29, 1.82) is 15.9 Å². The van der Waals surface area contributed by atoms with E-state index < -0.39 is 17.7 Å². The minimum absolute atomic E-state index is 0.109. The van der Waals surface area contributed by atoms with Gasteiger partial charge < -0.3 is 10.4 Å². The van der Waals surface area contributed by atoms with Crippen LogP contribution in [0.25, 0.3) is 0 Å². The number of hydrogen-bond acceptors (Lipinski definition) is 5. The topological polar surface area (TPSA) is 108 Å². The molecule has 0 amide bonds. The molecule has 3 atom stereocenters. The van der Waals surface area contributed by atoms with Gasteiger partial charge in [-0.2, -0.15) is 15.1 Å². The van der Waals surface area contributed by atoms with Crippen molar-refractivity contribution in [1.82, 2.24) is 5.32 Å². The van der Waals surface area contributed by atoms with Crippen molar-refractivity contribution in [2.24, 2.45) is 0 Å². The lowest BCUT2D eigenvalue weighted by atomic mass is 9.73. The third-order valence-corrected chi connectivity index (χ3v) is 5.68. The number of aromatic nitrogens is 1. The highest BCUT2D eigenvalue weighted by molar-refractivity contribution is 5.71. The van der Waals surface area contributed by atoms with Gasteiger partial charge in [0.2, 0.25) is 11.8 Å². The standard InChI is InChI=1S/C26H20N5O/c27-16-20(17-28)24-22(18-29)23(19-10-4-1-5-11-19)25(31-14-8-3-9-15-31)26(32,30-24)21-12-6-2-7-13-21/h1-15,23,25,27,30,32H/q+1/t23-,25+,26-/m1/s1. The maximum absolute atomic E-state index is 12.2. The van der Waals surface area contributed by atoms with Gasteiger partial charge in [0.1, 0.15) is 11.6 Å². The molecule has 0 radical (unpaired) electrons. The minimum atomic E-state index is -1.69. The van der Waals surface area contributed by atoms with Gasteiger partial charge in [0.15, 0.2) is 12.4 Å². The van der Waals surface area contributed by atoms with Crippen molar-refractivity contribution in [3.8, 4) is 12.1 Å². The van der Waals surface area contributed by atoms with Crippen LogP contribution in [0.4, 0.5) is 0 Å². The molecule has 1 aliphatic rings. The molecule has 0 aliphatic carbocycles. The highest BCUT2D eigenvalue weighted by atomic mass is 16.3. The molecule has 154 valence electrons. The molecule has 0 saturated carbocycles. The van der Waals surface area contributed by atoms with Crippen LogP contribution in [0.1, 0.15) is 23.1 Å². The number of aliphatic hydroxyl groups is 1. The average molecular weight is 418 g/mol. The van der Waals surface area contributed by atoms with Crippen LogP contribution < -0.4 is 9.88 Å². The Kier molecular flexibility index (Phi) is 5.66. The quantitative estimate of drug-likeness (QED) is 0.343. The molecule has 0 unspecified atom stereocenters. The van der Waals surface area contributed by atoms with Crippen LogP contribution >= 0.6 is 0 Å². The van der Waals surface area contributed by atoms with Crippen molar-refractivity contribution in [3.05, 3.63) is 119 Å². The third-order valence-electron chi connectivity index (χ3n) is 5.68. The molecular weight excluding hydrogens is 398 g/mol. The van der Waals surface area contributed by atoms with Gasteiger partial charge in [-0.1, -0.05) is 66.7 Å². The first-order valence-electron chi connectivity index (χ1n) is 10.0. The van der Waals surface area contributed by atoms with Gasteiger partial charge in [-0.05, 0) is 11.4 Å². The Bertz CT molecular complexity index is 1280. The molecule has 0 spiro atoms. The third kappa shape index (κ3) is 3.47. The van der Waals surface area contributed by atoms with Crippen molar-refractivity contribution < 1.29 is 9.67 Å². The first kappa shape index (κ1) is 20.8. The van der Waals surface area contributed by atoms with Gasteiger partial charge in [0, 0.05) is 17.7 Å². The first-order chi connectivity index (χ1) is 15.6. The number of nitriles is 2. The highest BCUT2D eigenvalue weighted by Crippen LogP contribution is 2.47. The van der Waals surface area contributed by atoms with Gasteiger partial charge in [0.05, 0.1) is 23.3 Å². The fourth-order valence-corrected chi connectivity index (χ4v) is 4.29. The van der Waals surface area contributed by atoms with Gasteiger partial charge in [0.25, 0.3) is 0 Å². The lowest BCUT2D eigenvalue weighted by Gasteiger charge is -2.42. The molecule has 1 aliphatic heterocycles. The van der Waals surface area contributed by atoms with Gasteiger partial charge in [-0.3, -0.25) is 5.41 Å². The largest absolute Gasteiger partial charge is 0.362 e. The van der Waals surface area contributed by atoms with E-state index in [0.29, 0.717) is 5.56 Å². The molecule has 1 aromatic heterocycles. The van der Waals surface area contributed by atoms with Crippen LogP contribution in [0.5, 0.6) is 0 Å². The molecule has 2 aromatic carbocycles. The second-order valence-corrected chi connectivity index (χ2v) is 7.43.